The molecule has 1 aliphatic heterocycles. The average Bonchev–Trinajstić information content (AvgIpc) is 3.51. The van der Waals surface area contributed by atoms with Crippen LogP contribution in [-0.2, 0) is 22.7 Å². The van der Waals surface area contributed by atoms with Crippen molar-refractivity contribution < 1.29 is 27.1 Å². The minimum atomic E-state index is -5.24. The number of benzene rings is 4. The quantitative estimate of drug-likeness (QED) is 0.119. The van der Waals surface area contributed by atoms with Crippen molar-refractivity contribution in [1.29, 1.82) is 0 Å². The standard InChI is InChI=1S/C36H35N3O8Se/c1-38(42)32-33(48(43,44)29-16-10-5-11-17-29)30(47-34(32)39-23-22-31(40)37-35(39)41)24-46-36(25-12-6-3-7-13-25,26-14-8-4-9-15-26)27-18-20-28(45-2)21-19-27/h3-23,30,32-34,42H,24H2,1-2H3,(H,37,40,41)/t30-,32-,33-,34-/m1/s1. The van der Waals surface area contributed by atoms with Gasteiger partial charge >= 0.3 is 279 Å². The summed E-state index contributed by atoms with van der Waals surface area (Å²) >= 11 is -5.24. The van der Waals surface area contributed by atoms with Crippen LogP contribution in [0.15, 0.2) is 137 Å². The Morgan fingerprint density at radius 3 is 1.90 bits per heavy atom. The number of hydroxylamine groups is 2. The van der Waals surface area contributed by atoms with Crippen LogP contribution in [0.1, 0.15) is 22.9 Å². The number of methoxy groups -OCH3 is 1. The van der Waals surface area contributed by atoms with Crippen LogP contribution in [0, 0.1) is 0 Å². The second-order valence-corrected chi connectivity index (χ2v) is 15.8. The van der Waals surface area contributed by atoms with E-state index in [9.17, 15) is 22.5 Å². The molecule has 1 fully saturated rings. The van der Waals surface area contributed by atoms with Gasteiger partial charge in [-0.25, -0.2) is 0 Å². The second kappa shape index (κ2) is 13.8. The summed E-state index contributed by atoms with van der Waals surface area (Å²) in [6, 6.07) is 34.4. The van der Waals surface area contributed by atoms with Gasteiger partial charge in [-0.05, 0) is 0 Å². The van der Waals surface area contributed by atoms with Crippen molar-refractivity contribution in [2.24, 2.45) is 0 Å². The summed E-state index contributed by atoms with van der Waals surface area (Å²) in [5.41, 5.74) is -0.393. The predicted molar refractivity (Wildman–Crippen MR) is 177 cm³/mol. The van der Waals surface area contributed by atoms with Crippen LogP contribution in [0.2, 0.25) is 4.82 Å². The number of nitrogens with zero attached hydrogens (tertiary/aromatic N) is 2. The number of ether oxygens (including phenoxy) is 3. The normalized spacial score (nSPS) is 19.8. The van der Waals surface area contributed by atoms with Crippen molar-refractivity contribution in [2.75, 3.05) is 20.8 Å². The predicted octanol–water partition coefficient (Wildman–Crippen LogP) is 3.72. The molecule has 1 aliphatic rings. The Hall–Kier alpha value is -4.68. The Labute approximate surface area is 278 Å². The SMILES string of the molecule is COc1ccc(C(OC[C@H]2O[C@@H](n3ccc(=O)[nH]c3=O)[C@H](N(C)O)[C@@H]2[Se](=O)(=O)c2ccccc2)(c2ccccc2)c2ccccc2)cc1. The van der Waals surface area contributed by atoms with Gasteiger partial charge in [0.05, 0.1) is 0 Å². The fraction of sp³-hybridized carbons (Fsp3) is 0.222. The number of nitrogens with one attached hydrogen (secondary N) is 1. The molecule has 0 unspecified atom stereocenters. The van der Waals surface area contributed by atoms with E-state index in [0.717, 1.165) is 32.4 Å². The summed E-state index contributed by atoms with van der Waals surface area (Å²) in [6.45, 7) is -0.268. The van der Waals surface area contributed by atoms with Gasteiger partial charge in [-0.2, -0.15) is 0 Å². The van der Waals surface area contributed by atoms with E-state index in [-0.39, 0.29) is 11.1 Å². The number of H-pyrrole nitrogens is 1. The van der Waals surface area contributed by atoms with Gasteiger partial charge < -0.3 is 0 Å². The third-order valence-corrected chi connectivity index (χ3v) is 13.3. The molecule has 0 bridgehead atoms. The molecule has 1 saturated heterocycles. The van der Waals surface area contributed by atoms with E-state index in [1.54, 1.807) is 25.3 Å². The van der Waals surface area contributed by atoms with Crippen LogP contribution in [-0.4, -0.2) is 65.4 Å². The second-order valence-electron chi connectivity index (χ2n) is 11.4. The zero-order valence-electron chi connectivity index (χ0n) is 26.2. The van der Waals surface area contributed by atoms with E-state index in [1.165, 1.54) is 25.4 Å². The average molecular weight is 717 g/mol. The number of hydrogen-bond acceptors (Lipinski definition) is 9. The summed E-state index contributed by atoms with van der Waals surface area (Å²) in [7, 11) is 2.89. The van der Waals surface area contributed by atoms with Crippen molar-refractivity contribution in [1.82, 2.24) is 14.6 Å². The molecule has 2 heterocycles. The fourth-order valence-electron chi connectivity index (χ4n) is 6.39. The van der Waals surface area contributed by atoms with E-state index >= 15 is 0 Å². The third-order valence-electron chi connectivity index (χ3n) is 8.62. The van der Waals surface area contributed by atoms with Crippen LogP contribution in [0.3, 0.4) is 0 Å². The van der Waals surface area contributed by atoms with Crippen molar-refractivity contribution in [3.05, 3.63) is 165 Å². The number of aromatic amines is 1. The van der Waals surface area contributed by atoms with Crippen molar-refractivity contribution in [3.63, 3.8) is 0 Å². The molecule has 0 aliphatic carbocycles. The minimum absolute atomic E-state index is 0.0844. The van der Waals surface area contributed by atoms with Crippen molar-refractivity contribution >= 4 is 17.2 Å². The van der Waals surface area contributed by atoms with Gasteiger partial charge in [0, 0.05) is 0 Å². The zero-order chi connectivity index (χ0) is 33.9. The van der Waals surface area contributed by atoms with E-state index < -0.39 is 52.7 Å². The molecule has 6 rings (SSSR count). The monoisotopic (exact) mass is 717 g/mol. The van der Waals surface area contributed by atoms with E-state index in [1.807, 2.05) is 84.9 Å². The van der Waals surface area contributed by atoms with Gasteiger partial charge in [-0.3, -0.25) is 0 Å². The molecule has 1 aromatic heterocycles. The molecule has 2 N–H and O–H groups in total. The fourth-order valence-corrected chi connectivity index (χ4v) is 10.7. The summed E-state index contributed by atoms with van der Waals surface area (Å²) in [5.74, 6) is 0.646. The van der Waals surface area contributed by atoms with Crippen LogP contribution in [0.5, 0.6) is 5.75 Å². The molecule has 4 aromatic carbocycles. The van der Waals surface area contributed by atoms with E-state index in [0.29, 0.717) is 5.75 Å². The molecular weight excluding hydrogens is 681 g/mol. The van der Waals surface area contributed by atoms with E-state index in [4.69, 9.17) is 14.2 Å². The Balaban J connectivity index is 1.52. The molecule has 48 heavy (non-hydrogen) atoms. The Bertz CT molecular complexity index is 2010. The number of likely N-dealkylation sites (N-methyl/N-ethyl adjacent to an activating group) is 1. The Morgan fingerprint density at radius 2 is 1.38 bits per heavy atom. The summed E-state index contributed by atoms with van der Waals surface area (Å²) < 4.78 is 49.1. The number of aromatic nitrogens is 2. The van der Waals surface area contributed by atoms with Crippen LogP contribution < -0.4 is 20.4 Å². The Morgan fingerprint density at radius 1 is 0.833 bits per heavy atom. The molecular formula is C36H35N3O8Se. The number of hydrogen-bond donors (Lipinski definition) is 2. The summed E-state index contributed by atoms with van der Waals surface area (Å²) in [4.78, 5) is 25.8. The molecule has 11 nitrogen and oxygen atoms in total. The first kappa shape index (κ1) is 33.2. The van der Waals surface area contributed by atoms with Gasteiger partial charge in [-0.1, -0.05) is 0 Å². The summed E-state index contributed by atoms with van der Waals surface area (Å²) in [5, 5.41) is 11.8. The van der Waals surface area contributed by atoms with Crippen molar-refractivity contribution in [2.45, 2.75) is 28.8 Å². The van der Waals surface area contributed by atoms with Crippen LogP contribution in [0.4, 0.5) is 0 Å². The van der Waals surface area contributed by atoms with Gasteiger partial charge in [0.25, 0.3) is 0 Å². The zero-order valence-corrected chi connectivity index (χ0v) is 28.0. The summed E-state index contributed by atoms with van der Waals surface area (Å²) in [6.07, 6.45) is -1.25. The van der Waals surface area contributed by atoms with Gasteiger partial charge in [0.15, 0.2) is 0 Å². The molecule has 4 atom stereocenters. The first-order valence-electron chi connectivity index (χ1n) is 15.2. The number of rotatable bonds is 11. The topological polar surface area (TPSA) is 140 Å². The maximum absolute atomic E-state index is 14.5. The third kappa shape index (κ3) is 6.17. The first-order chi connectivity index (χ1) is 23.2. The van der Waals surface area contributed by atoms with Crippen molar-refractivity contribution in [3.8, 4) is 5.75 Å². The van der Waals surface area contributed by atoms with Crippen LogP contribution >= 0.6 is 0 Å². The molecule has 0 radical (unpaired) electrons. The maximum atomic E-state index is 14.5. The van der Waals surface area contributed by atoms with Gasteiger partial charge in [0.2, 0.25) is 0 Å². The molecule has 0 saturated carbocycles. The van der Waals surface area contributed by atoms with Crippen LogP contribution in [0.25, 0.3) is 0 Å². The van der Waals surface area contributed by atoms with E-state index in [2.05, 4.69) is 4.98 Å². The molecule has 12 heteroatoms. The first-order valence-corrected chi connectivity index (χ1v) is 18.5. The Kier molecular flexibility index (Phi) is 9.56. The van der Waals surface area contributed by atoms with Gasteiger partial charge in [-0.15, -0.1) is 0 Å². The molecule has 0 spiro atoms. The molecule has 5 aromatic rings. The molecule has 0 amide bonds. The molecule has 248 valence electrons. The van der Waals surface area contributed by atoms with Gasteiger partial charge in [0.1, 0.15) is 0 Å².